The Morgan fingerprint density at radius 1 is 1.17 bits per heavy atom. The number of carbonyl (C=O) groups is 1. The van der Waals surface area contributed by atoms with Crippen molar-refractivity contribution in [3.63, 3.8) is 0 Å². The highest BCUT2D eigenvalue weighted by Crippen LogP contribution is 2.62. The molecule has 2 heterocycles. The summed E-state index contributed by atoms with van der Waals surface area (Å²) in [5, 5.41) is 0. The second kappa shape index (κ2) is 3.75. The van der Waals surface area contributed by atoms with Crippen LogP contribution in [0, 0.1) is 35.5 Å². The second-order valence-corrected chi connectivity index (χ2v) is 6.50. The maximum absolute atomic E-state index is 11.8. The molecule has 0 spiro atoms. The molecule has 5 rings (SSSR count). The van der Waals surface area contributed by atoms with Crippen LogP contribution in [-0.2, 0) is 4.74 Å². The van der Waals surface area contributed by atoms with Crippen molar-refractivity contribution in [1.29, 1.82) is 0 Å². The van der Waals surface area contributed by atoms with Crippen molar-refractivity contribution >= 4 is 6.09 Å². The molecule has 3 fully saturated rings. The second-order valence-electron chi connectivity index (χ2n) is 6.50. The highest BCUT2D eigenvalue weighted by atomic mass is 16.5. The van der Waals surface area contributed by atoms with Crippen molar-refractivity contribution in [3.05, 3.63) is 12.2 Å². The molecule has 0 aromatic rings. The van der Waals surface area contributed by atoms with Gasteiger partial charge in [0.1, 0.15) is 0 Å². The van der Waals surface area contributed by atoms with Crippen molar-refractivity contribution < 1.29 is 9.53 Å². The van der Waals surface area contributed by atoms with Gasteiger partial charge in [0, 0.05) is 13.1 Å². The Bertz CT molecular complexity index is 405. The summed E-state index contributed by atoms with van der Waals surface area (Å²) < 4.78 is 4.93. The number of fused-ring (bicyclic) bond motifs is 2. The van der Waals surface area contributed by atoms with Crippen LogP contribution in [0.3, 0.4) is 0 Å². The summed E-state index contributed by atoms with van der Waals surface area (Å²) in [6, 6.07) is 0. The molecule has 3 heteroatoms. The first-order chi connectivity index (χ1) is 8.79. The Hall–Kier alpha value is -0.990. The van der Waals surface area contributed by atoms with E-state index < -0.39 is 0 Å². The highest BCUT2D eigenvalue weighted by molar-refractivity contribution is 5.67. The number of carbonyl (C=O) groups excluding carboxylic acids is 1. The summed E-state index contributed by atoms with van der Waals surface area (Å²) in [5.41, 5.74) is 0. The number of rotatable bonds is 0. The van der Waals surface area contributed by atoms with Crippen molar-refractivity contribution in [1.82, 2.24) is 4.90 Å². The van der Waals surface area contributed by atoms with E-state index in [0.717, 1.165) is 36.8 Å². The zero-order valence-electron chi connectivity index (χ0n) is 10.9. The highest BCUT2D eigenvalue weighted by Gasteiger charge is 2.59. The number of nitrogens with zero attached hydrogens (tertiary/aromatic N) is 1. The summed E-state index contributed by atoms with van der Waals surface area (Å²) in [4.78, 5) is 13.8. The third kappa shape index (κ3) is 1.39. The van der Waals surface area contributed by atoms with E-state index in [1.54, 1.807) is 0 Å². The fourth-order valence-electron chi connectivity index (χ4n) is 5.04. The number of methoxy groups -OCH3 is 1. The van der Waals surface area contributed by atoms with Crippen molar-refractivity contribution in [3.8, 4) is 0 Å². The SMILES string of the molecule is COC(=O)N1C[C@@H]2C3C=C[C@H](C1)[C@H]1CCC[C@H]1C32. The van der Waals surface area contributed by atoms with Gasteiger partial charge in [-0.2, -0.15) is 0 Å². The Labute approximate surface area is 108 Å². The third-order valence-corrected chi connectivity index (χ3v) is 5.84. The lowest BCUT2D eigenvalue weighted by molar-refractivity contribution is 0.0984. The molecule has 18 heavy (non-hydrogen) atoms. The van der Waals surface area contributed by atoms with Crippen LogP contribution in [0.2, 0.25) is 0 Å². The first-order valence-electron chi connectivity index (χ1n) is 7.31. The quantitative estimate of drug-likeness (QED) is 0.616. The zero-order chi connectivity index (χ0) is 12.3. The molecular formula is C15H21NO2. The summed E-state index contributed by atoms with van der Waals surface area (Å²) in [7, 11) is 1.50. The van der Waals surface area contributed by atoms with Gasteiger partial charge in [0.25, 0.3) is 0 Å². The first kappa shape index (κ1) is 10.9. The van der Waals surface area contributed by atoms with Gasteiger partial charge in [0.2, 0.25) is 0 Å². The third-order valence-electron chi connectivity index (χ3n) is 5.84. The molecule has 0 N–H and O–H groups in total. The smallest absolute Gasteiger partial charge is 0.409 e. The van der Waals surface area contributed by atoms with E-state index in [2.05, 4.69) is 12.2 Å². The predicted molar refractivity (Wildman–Crippen MR) is 67.9 cm³/mol. The standard InChI is InChI=1S/C15H21NO2/c1-18-15(17)16-7-9-5-6-12-13(8-16)14(12)11-4-2-3-10(9)11/h5-6,9-14H,2-4,7-8H2,1H3/t9-,10-,11-,12?,13-,14?/m1/s1. The van der Waals surface area contributed by atoms with E-state index in [4.69, 9.17) is 4.74 Å². The van der Waals surface area contributed by atoms with Crippen LogP contribution in [0.5, 0.6) is 0 Å². The minimum Gasteiger partial charge on any atom is -0.453 e. The fourth-order valence-corrected chi connectivity index (χ4v) is 5.04. The molecule has 3 nitrogen and oxygen atoms in total. The van der Waals surface area contributed by atoms with Crippen molar-refractivity contribution in [2.45, 2.75) is 19.3 Å². The van der Waals surface area contributed by atoms with Crippen LogP contribution in [0.4, 0.5) is 4.79 Å². The van der Waals surface area contributed by atoms with Gasteiger partial charge in [-0.05, 0) is 48.3 Å². The summed E-state index contributed by atoms with van der Waals surface area (Å²) in [6.45, 7) is 1.80. The zero-order valence-corrected chi connectivity index (χ0v) is 10.9. The van der Waals surface area contributed by atoms with E-state index in [1.807, 2.05) is 4.90 Å². The lowest BCUT2D eigenvalue weighted by atomic mass is 9.80. The molecule has 0 aromatic heterocycles. The first-order valence-corrected chi connectivity index (χ1v) is 7.31. The van der Waals surface area contributed by atoms with Crippen molar-refractivity contribution in [2.75, 3.05) is 20.2 Å². The van der Waals surface area contributed by atoms with E-state index in [1.165, 1.54) is 26.4 Å². The number of allylic oxidation sites excluding steroid dienone is 1. The van der Waals surface area contributed by atoms with Gasteiger partial charge in [-0.25, -0.2) is 4.79 Å². The molecule has 2 saturated carbocycles. The van der Waals surface area contributed by atoms with E-state index in [-0.39, 0.29) is 6.09 Å². The molecule has 0 aromatic carbocycles. The minimum atomic E-state index is -0.129. The Kier molecular flexibility index (Phi) is 2.27. The molecule has 1 saturated heterocycles. The van der Waals surface area contributed by atoms with Gasteiger partial charge in [-0.15, -0.1) is 0 Å². The van der Waals surface area contributed by atoms with Gasteiger partial charge >= 0.3 is 6.09 Å². The average Bonchev–Trinajstić information content (AvgIpc) is 2.81. The molecule has 5 aliphatic rings. The monoisotopic (exact) mass is 247 g/mol. The van der Waals surface area contributed by atoms with Crippen molar-refractivity contribution in [2.24, 2.45) is 35.5 Å². The predicted octanol–water partition coefficient (Wildman–Crippen LogP) is 2.53. The molecule has 98 valence electrons. The van der Waals surface area contributed by atoms with E-state index in [0.29, 0.717) is 11.8 Å². The van der Waals surface area contributed by atoms with Gasteiger partial charge in [-0.1, -0.05) is 18.6 Å². The minimum absolute atomic E-state index is 0.129. The van der Waals surface area contributed by atoms with Gasteiger partial charge in [-0.3, -0.25) is 0 Å². The van der Waals surface area contributed by atoms with Crippen LogP contribution >= 0.6 is 0 Å². The maximum Gasteiger partial charge on any atom is 0.409 e. The largest absolute Gasteiger partial charge is 0.453 e. The summed E-state index contributed by atoms with van der Waals surface area (Å²) >= 11 is 0. The number of amides is 1. The Morgan fingerprint density at radius 2 is 2.00 bits per heavy atom. The molecular weight excluding hydrogens is 226 g/mol. The molecule has 3 aliphatic carbocycles. The molecule has 2 aliphatic heterocycles. The van der Waals surface area contributed by atoms with E-state index >= 15 is 0 Å². The average molecular weight is 247 g/mol. The lowest BCUT2D eigenvalue weighted by Crippen LogP contribution is -2.41. The molecule has 2 unspecified atom stereocenters. The Balaban J connectivity index is 1.66. The summed E-state index contributed by atoms with van der Waals surface area (Å²) in [6.07, 6.45) is 8.95. The maximum atomic E-state index is 11.8. The van der Waals surface area contributed by atoms with E-state index in [9.17, 15) is 4.79 Å². The number of hydrogen-bond donors (Lipinski definition) is 0. The van der Waals surface area contributed by atoms with Gasteiger partial charge < -0.3 is 9.64 Å². The summed E-state index contributed by atoms with van der Waals surface area (Å²) in [5.74, 6) is 4.69. The molecule has 1 amide bonds. The normalized spacial score (nSPS) is 48.2. The van der Waals surface area contributed by atoms with Gasteiger partial charge in [0.15, 0.2) is 0 Å². The van der Waals surface area contributed by atoms with Crippen LogP contribution in [0.25, 0.3) is 0 Å². The topological polar surface area (TPSA) is 29.5 Å². The lowest BCUT2D eigenvalue weighted by Gasteiger charge is -2.34. The fraction of sp³-hybridized carbons (Fsp3) is 0.800. The molecule has 6 atom stereocenters. The van der Waals surface area contributed by atoms with Crippen LogP contribution in [0.1, 0.15) is 19.3 Å². The Morgan fingerprint density at radius 3 is 2.83 bits per heavy atom. The van der Waals surface area contributed by atoms with Crippen LogP contribution in [0.15, 0.2) is 12.2 Å². The molecule has 0 radical (unpaired) electrons. The van der Waals surface area contributed by atoms with Gasteiger partial charge in [0.05, 0.1) is 7.11 Å². The molecule has 4 bridgehead atoms. The number of hydrogen-bond acceptors (Lipinski definition) is 2. The number of ether oxygens (including phenoxy) is 1. The van der Waals surface area contributed by atoms with Crippen LogP contribution in [-0.4, -0.2) is 31.2 Å². The van der Waals surface area contributed by atoms with Crippen LogP contribution < -0.4 is 0 Å².